The molecule has 0 saturated heterocycles. The topological polar surface area (TPSA) is 21.3 Å². The molecule has 120 valence electrons. The third kappa shape index (κ3) is 2.62. The molecule has 3 heteroatoms. The summed E-state index contributed by atoms with van der Waals surface area (Å²) < 4.78 is 18.6. The van der Waals surface area contributed by atoms with Crippen LogP contribution in [0.1, 0.15) is 17.2 Å². The highest BCUT2D eigenvalue weighted by molar-refractivity contribution is 5.84. The number of fused-ring (bicyclic) bond motifs is 3. The van der Waals surface area contributed by atoms with Crippen LogP contribution in [0.15, 0.2) is 66.7 Å². The molecule has 0 saturated carbocycles. The maximum absolute atomic E-state index is 13.2. The molecular weight excluding hydrogens is 301 g/mol. The summed E-state index contributed by atoms with van der Waals surface area (Å²) in [6.07, 6.45) is 0.786. The fourth-order valence-corrected chi connectivity index (χ4v) is 3.33. The Bertz CT molecular complexity index is 873. The maximum Gasteiger partial charge on any atom is 0.123 e. The molecule has 3 aromatic carbocycles. The Balaban J connectivity index is 1.77. The maximum atomic E-state index is 13.2. The Hall–Kier alpha value is -2.81. The number of para-hydroxylation sites is 1. The van der Waals surface area contributed by atoms with Crippen LogP contribution in [-0.2, 0) is 6.42 Å². The largest absolute Gasteiger partial charge is 0.497 e. The first-order chi connectivity index (χ1) is 11.7. The van der Waals surface area contributed by atoms with Gasteiger partial charge >= 0.3 is 0 Å². The Labute approximate surface area is 140 Å². The SMILES string of the molecule is COc1ccc2c(c1)[C@@H](Cc1ccc(F)cc1)Nc1ccccc1-2. The third-order valence-electron chi connectivity index (χ3n) is 4.53. The van der Waals surface area contributed by atoms with Crippen molar-refractivity contribution in [1.82, 2.24) is 0 Å². The van der Waals surface area contributed by atoms with E-state index in [4.69, 9.17) is 4.74 Å². The van der Waals surface area contributed by atoms with Crippen LogP contribution < -0.4 is 10.1 Å². The summed E-state index contributed by atoms with van der Waals surface area (Å²) in [5, 5.41) is 3.62. The van der Waals surface area contributed by atoms with E-state index in [0.717, 1.165) is 23.4 Å². The van der Waals surface area contributed by atoms with Crippen molar-refractivity contribution in [3.63, 3.8) is 0 Å². The van der Waals surface area contributed by atoms with Crippen molar-refractivity contribution in [2.24, 2.45) is 0 Å². The van der Waals surface area contributed by atoms with Gasteiger partial charge in [0.15, 0.2) is 0 Å². The molecule has 0 aliphatic carbocycles. The van der Waals surface area contributed by atoms with Crippen LogP contribution in [0.5, 0.6) is 5.75 Å². The van der Waals surface area contributed by atoms with Crippen LogP contribution in [-0.4, -0.2) is 7.11 Å². The lowest BCUT2D eigenvalue weighted by atomic mass is 9.87. The molecule has 0 unspecified atom stereocenters. The van der Waals surface area contributed by atoms with Crippen LogP contribution in [0.4, 0.5) is 10.1 Å². The van der Waals surface area contributed by atoms with Gasteiger partial charge in [0, 0.05) is 11.3 Å². The zero-order chi connectivity index (χ0) is 16.5. The number of halogens is 1. The van der Waals surface area contributed by atoms with E-state index in [2.05, 4.69) is 35.6 Å². The highest BCUT2D eigenvalue weighted by Gasteiger charge is 2.24. The zero-order valence-corrected chi connectivity index (χ0v) is 13.4. The monoisotopic (exact) mass is 319 g/mol. The molecule has 0 bridgehead atoms. The van der Waals surface area contributed by atoms with Crippen LogP contribution in [0, 0.1) is 5.82 Å². The van der Waals surface area contributed by atoms with Gasteiger partial charge in [-0.25, -0.2) is 4.39 Å². The highest BCUT2D eigenvalue weighted by Crippen LogP contribution is 2.42. The molecule has 0 spiro atoms. The van der Waals surface area contributed by atoms with Gasteiger partial charge in [-0.3, -0.25) is 0 Å². The summed E-state index contributed by atoms with van der Waals surface area (Å²) in [7, 11) is 1.68. The van der Waals surface area contributed by atoms with Crippen molar-refractivity contribution in [1.29, 1.82) is 0 Å². The second-order valence-electron chi connectivity index (χ2n) is 6.03. The Morgan fingerprint density at radius 2 is 1.75 bits per heavy atom. The van der Waals surface area contributed by atoms with Crippen LogP contribution in [0.3, 0.4) is 0 Å². The van der Waals surface area contributed by atoms with Gasteiger partial charge in [-0.2, -0.15) is 0 Å². The van der Waals surface area contributed by atoms with E-state index in [1.54, 1.807) is 7.11 Å². The van der Waals surface area contributed by atoms with Gasteiger partial charge in [-0.1, -0.05) is 36.4 Å². The molecular formula is C21H18FNO. The van der Waals surface area contributed by atoms with Gasteiger partial charge in [0.2, 0.25) is 0 Å². The predicted octanol–water partition coefficient (Wildman–Crippen LogP) is 5.21. The van der Waals surface area contributed by atoms with E-state index in [1.807, 2.05) is 24.3 Å². The quantitative estimate of drug-likeness (QED) is 0.715. The fraction of sp³-hybridized carbons (Fsp3) is 0.143. The van der Waals surface area contributed by atoms with E-state index < -0.39 is 0 Å². The summed E-state index contributed by atoms with van der Waals surface area (Å²) in [6.45, 7) is 0. The number of rotatable bonds is 3. The number of hydrogen-bond donors (Lipinski definition) is 1. The number of hydrogen-bond acceptors (Lipinski definition) is 2. The first-order valence-electron chi connectivity index (χ1n) is 8.03. The van der Waals surface area contributed by atoms with Crippen LogP contribution in [0.25, 0.3) is 11.1 Å². The van der Waals surface area contributed by atoms with E-state index in [0.29, 0.717) is 0 Å². The molecule has 24 heavy (non-hydrogen) atoms. The smallest absolute Gasteiger partial charge is 0.123 e. The number of benzene rings is 3. The van der Waals surface area contributed by atoms with Crippen LogP contribution >= 0.6 is 0 Å². The average molecular weight is 319 g/mol. The lowest BCUT2D eigenvalue weighted by Gasteiger charge is -2.30. The van der Waals surface area contributed by atoms with Crippen molar-refractivity contribution in [2.45, 2.75) is 12.5 Å². The molecule has 1 aliphatic rings. The van der Waals surface area contributed by atoms with Crippen molar-refractivity contribution >= 4 is 5.69 Å². The molecule has 1 aliphatic heterocycles. The average Bonchev–Trinajstić information content (AvgIpc) is 2.63. The summed E-state index contributed by atoms with van der Waals surface area (Å²) in [4.78, 5) is 0. The summed E-state index contributed by atoms with van der Waals surface area (Å²) >= 11 is 0. The van der Waals surface area contributed by atoms with Gasteiger partial charge in [-0.05, 0) is 53.4 Å². The Morgan fingerprint density at radius 3 is 2.54 bits per heavy atom. The van der Waals surface area contributed by atoms with Gasteiger partial charge in [0.05, 0.1) is 13.2 Å². The van der Waals surface area contributed by atoms with Crippen molar-refractivity contribution in [3.8, 4) is 16.9 Å². The fourth-order valence-electron chi connectivity index (χ4n) is 3.33. The van der Waals surface area contributed by atoms with Crippen molar-refractivity contribution < 1.29 is 9.13 Å². The molecule has 0 aromatic heterocycles. The minimum atomic E-state index is -0.206. The third-order valence-corrected chi connectivity index (χ3v) is 4.53. The standard InChI is InChI=1S/C21H18FNO/c1-24-16-10-11-17-18-4-2-3-5-20(18)23-21(19(17)13-16)12-14-6-8-15(22)9-7-14/h2-11,13,21,23H,12H2,1H3/t21-/m1/s1. The highest BCUT2D eigenvalue weighted by atomic mass is 19.1. The number of methoxy groups -OCH3 is 1. The molecule has 1 heterocycles. The molecule has 1 N–H and O–H groups in total. The van der Waals surface area contributed by atoms with E-state index in [-0.39, 0.29) is 11.9 Å². The molecule has 2 nitrogen and oxygen atoms in total. The zero-order valence-electron chi connectivity index (χ0n) is 13.4. The number of ether oxygens (including phenoxy) is 1. The van der Waals surface area contributed by atoms with E-state index in [9.17, 15) is 4.39 Å². The minimum absolute atomic E-state index is 0.121. The lowest BCUT2D eigenvalue weighted by Crippen LogP contribution is -2.19. The molecule has 0 amide bonds. The van der Waals surface area contributed by atoms with E-state index >= 15 is 0 Å². The summed E-state index contributed by atoms with van der Waals surface area (Å²) in [5.41, 5.74) is 5.85. The Morgan fingerprint density at radius 1 is 0.958 bits per heavy atom. The first kappa shape index (κ1) is 14.8. The van der Waals surface area contributed by atoms with Gasteiger partial charge in [0.1, 0.15) is 11.6 Å². The Kier molecular flexibility index (Phi) is 3.69. The summed E-state index contributed by atoms with van der Waals surface area (Å²) in [6, 6.07) is 21.3. The van der Waals surface area contributed by atoms with Crippen molar-refractivity contribution in [2.75, 3.05) is 12.4 Å². The molecule has 0 fully saturated rings. The van der Waals surface area contributed by atoms with Gasteiger partial charge in [0.25, 0.3) is 0 Å². The van der Waals surface area contributed by atoms with Crippen molar-refractivity contribution in [3.05, 3.63) is 83.7 Å². The van der Waals surface area contributed by atoms with Gasteiger partial charge in [-0.15, -0.1) is 0 Å². The normalized spacial score (nSPS) is 15.2. The van der Waals surface area contributed by atoms with Gasteiger partial charge < -0.3 is 10.1 Å². The predicted molar refractivity (Wildman–Crippen MR) is 94.9 cm³/mol. The minimum Gasteiger partial charge on any atom is -0.497 e. The molecule has 0 radical (unpaired) electrons. The number of nitrogens with one attached hydrogen (secondary N) is 1. The van der Waals surface area contributed by atoms with E-state index in [1.165, 1.54) is 28.8 Å². The molecule has 4 rings (SSSR count). The lowest BCUT2D eigenvalue weighted by molar-refractivity contribution is 0.414. The second kappa shape index (κ2) is 6.00. The summed E-state index contributed by atoms with van der Waals surface area (Å²) in [5.74, 6) is 0.641. The first-order valence-corrected chi connectivity index (χ1v) is 8.03. The van der Waals surface area contributed by atoms with Crippen LogP contribution in [0.2, 0.25) is 0 Å². The molecule has 1 atom stereocenters. The second-order valence-corrected chi connectivity index (χ2v) is 6.03. The molecule has 3 aromatic rings. The number of anilines is 1.